The molecule has 0 radical (unpaired) electrons. The predicted octanol–water partition coefficient (Wildman–Crippen LogP) is 2.54. The van der Waals surface area contributed by atoms with Crippen LogP contribution in [0, 0.1) is 0 Å². The molecular weight excluding hydrogens is 496 g/mol. The lowest BCUT2D eigenvalue weighted by atomic mass is 9.95. The number of anilines is 1. The number of ether oxygens (including phenoxy) is 1. The lowest BCUT2D eigenvalue weighted by Crippen LogP contribution is -2.39. The maximum atomic E-state index is 13.5. The minimum Gasteiger partial charge on any atom is -0.497 e. The molecule has 2 N–H and O–H groups in total. The van der Waals surface area contributed by atoms with Crippen LogP contribution in [0.4, 0.5) is 5.69 Å². The summed E-state index contributed by atoms with van der Waals surface area (Å²) in [5.74, 6) is 0.333. The molecule has 0 fully saturated rings. The number of carbonyl (C=O) groups excluding carboxylic acids is 2. The van der Waals surface area contributed by atoms with Gasteiger partial charge in [-0.2, -0.15) is 5.10 Å². The van der Waals surface area contributed by atoms with E-state index in [2.05, 4.69) is 15.5 Å². The van der Waals surface area contributed by atoms with Crippen LogP contribution >= 0.6 is 0 Å². The number of nitrogens with one attached hydrogen (secondary N) is 2. The number of hydrogen-bond donors (Lipinski definition) is 2. The maximum absolute atomic E-state index is 13.5. The van der Waals surface area contributed by atoms with Crippen LogP contribution in [0.5, 0.6) is 5.75 Å². The fourth-order valence-corrected chi connectivity index (χ4v) is 4.79. The quantitative estimate of drug-likeness (QED) is 0.365. The molecule has 0 saturated carbocycles. The van der Waals surface area contributed by atoms with E-state index in [0.29, 0.717) is 41.5 Å². The smallest absolute Gasteiger partial charge is 0.279 e. The lowest BCUT2D eigenvalue weighted by Gasteiger charge is -2.28. The van der Waals surface area contributed by atoms with Crippen LogP contribution in [-0.2, 0) is 11.2 Å². The monoisotopic (exact) mass is 526 g/mol. The maximum Gasteiger partial charge on any atom is 0.279 e. The minimum atomic E-state index is -0.512. The minimum absolute atomic E-state index is 0.128. The predicted molar refractivity (Wildman–Crippen MR) is 148 cm³/mol. The van der Waals surface area contributed by atoms with Gasteiger partial charge in [0.1, 0.15) is 5.75 Å². The highest BCUT2D eigenvalue weighted by atomic mass is 16.5. The second kappa shape index (κ2) is 11.0. The molecule has 0 aliphatic carbocycles. The first kappa shape index (κ1) is 25.9. The van der Waals surface area contributed by atoms with Gasteiger partial charge in [0, 0.05) is 35.7 Å². The molecule has 2 aromatic heterocycles. The van der Waals surface area contributed by atoms with Crippen molar-refractivity contribution in [3.63, 3.8) is 0 Å². The molecule has 10 nitrogen and oxygen atoms in total. The molecule has 2 amide bonds. The van der Waals surface area contributed by atoms with Gasteiger partial charge in [0.2, 0.25) is 5.91 Å². The number of rotatable bonds is 8. The van der Waals surface area contributed by atoms with Gasteiger partial charge in [0.15, 0.2) is 5.69 Å². The van der Waals surface area contributed by atoms with Crippen LogP contribution in [0.25, 0.3) is 5.69 Å². The zero-order valence-electron chi connectivity index (χ0n) is 22.0. The highest BCUT2D eigenvalue weighted by Crippen LogP contribution is 2.31. The molecule has 0 bridgehead atoms. The third-order valence-corrected chi connectivity index (χ3v) is 6.70. The average molecular weight is 527 g/mol. The molecule has 4 aromatic rings. The van der Waals surface area contributed by atoms with Crippen LogP contribution in [-0.4, -0.2) is 65.8 Å². The number of fused-ring (bicyclic) bond motifs is 1. The molecule has 10 heteroatoms. The van der Waals surface area contributed by atoms with Gasteiger partial charge in [-0.05, 0) is 68.5 Å². The summed E-state index contributed by atoms with van der Waals surface area (Å²) in [6.07, 6.45) is 2.26. The van der Waals surface area contributed by atoms with Gasteiger partial charge in [0.25, 0.3) is 11.5 Å². The molecule has 1 aliphatic rings. The first-order valence-electron chi connectivity index (χ1n) is 12.6. The number of pyridine rings is 1. The molecular formula is C29H30N6O4. The Morgan fingerprint density at radius 3 is 2.44 bits per heavy atom. The topological polar surface area (TPSA) is 113 Å². The second-order valence-electron chi connectivity index (χ2n) is 9.61. The van der Waals surface area contributed by atoms with E-state index in [4.69, 9.17) is 4.74 Å². The summed E-state index contributed by atoms with van der Waals surface area (Å²) in [5.41, 5.74) is 3.96. The molecule has 2 aromatic carbocycles. The van der Waals surface area contributed by atoms with Crippen molar-refractivity contribution in [1.82, 2.24) is 25.0 Å². The molecule has 0 spiro atoms. The van der Waals surface area contributed by atoms with Crippen molar-refractivity contribution in [2.24, 2.45) is 0 Å². The Balaban J connectivity index is 1.43. The summed E-state index contributed by atoms with van der Waals surface area (Å²) >= 11 is 0. The summed E-state index contributed by atoms with van der Waals surface area (Å²) in [6.45, 7) is 0.671. The summed E-state index contributed by atoms with van der Waals surface area (Å²) in [6, 6.07) is 19.2. The molecule has 5 rings (SSSR count). The Kier molecular flexibility index (Phi) is 7.29. The molecule has 200 valence electrons. The normalized spacial score (nSPS) is 13.7. The Hall–Kier alpha value is -4.70. The molecule has 1 aliphatic heterocycles. The average Bonchev–Trinajstić information content (AvgIpc) is 3.37. The molecule has 1 atom stereocenters. The second-order valence-corrected chi connectivity index (χ2v) is 9.61. The van der Waals surface area contributed by atoms with Gasteiger partial charge in [-0.25, -0.2) is 0 Å². The van der Waals surface area contributed by atoms with E-state index in [1.54, 1.807) is 39.8 Å². The molecule has 1 unspecified atom stereocenters. The number of aromatic nitrogens is 3. The number of aromatic amines is 1. The van der Waals surface area contributed by atoms with Gasteiger partial charge in [-0.1, -0.05) is 18.2 Å². The van der Waals surface area contributed by atoms with Gasteiger partial charge >= 0.3 is 0 Å². The third kappa shape index (κ3) is 5.32. The van der Waals surface area contributed by atoms with Crippen molar-refractivity contribution in [1.29, 1.82) is 0 Å². The largest absolute Gasteiger partial charge is 0.497 e. The van der Waals surface area contributed by atoms with Crippen molar-refractivity contribution in [2.75, 3.05) is 39.2 Å². The fraction of sp³-hybridized carbons (Fsp3) is 0.241. The van der Waals surface area contributed by atoms with E-state index in [9.17, 15) is 14.4 Å². The Labute approximate surface area is 225 Å². The summed E-state index contributed by atoms with van der Waals surface area (Å²) in [5, 5.41) is 10.5. The van der Waals surface area contributed by atoms with Crippen LogP contribution < -0.4 is 20.5 Å². The van der Waals surface area contributed by atoms with E-state index >= 15 is 0 Å². The van der Waals surface area contributed by atoms with Crippen molar-refractivity contribution < 1.29 is 14.3 Å². The number of carbonyl (C=O) groups is 2. The zero-order valence-corrected chi connectivity index (χ0v) is 22.0. The molecule has 39 heavy (non-hydrogen) atoms. The van der Waals surface area contributed by atoms with Crippen molar-refractivity contribution in [3.8, 4) is 11.4 Å². The van der Waals surface area contributed by atoms with Crippen molar-refractivity contribution >= 4 is 17.5 Å². The van der Waals surface area contributed by atoms with Gasteiger partial charge < -0.3 is 19.9 Å². The van der Waals surface area contributed by atoms with Gasteiger partial charge in [0.05, 0.1) is 25.4 Å². The van der Waals surface area contributed by atoms with E-state index < -0.39 is 6.04 Å². The van der Waals surface area contributed by atoms with Gasteiger partial charge in [-0.3, -0.25) is 24.0 Å². The summed E-state index contributed by atoms with van der Waals surface area (Å²) < 4.78 is 6.83. The Morgan fingerprint density at radius 1 is 1.05 bits per heavy atom. The number of amides is 2. The molecule has 3 heterocycles. The van der Waals surface area contributed by atoms with Crippen LogP contribution in [0.15, 0.2) is 77.7 Å². The van der Waals surface area contributed by atoms with E-state index in [0.717, 1.165) is 11.1 Å². The number of methoxy groups -OCH3 is 1. The first-order chi connectivity index (χ1) is 18.9. The van der Waals surface area contributed by atoms with Gasteiger partial charge in [-0.15, -0.1) is 0 Å². The van der Waals surface area contributed by atoms with E-state index in [-0.39, 0.29) is 23.9 Å². The SMILES string of the molecule is COc1ccc(C(NC(=O)CN(C)C)c2[nH]nc3c2CCN(c2ccc(-n4ccccc4=O)cc2)C3=O)cc1. The Bertz CT molecular complexity index is 1540. The highest BCUT2D eigenvalue weighted by molar-refractivity contribution is 6.07. The van der Waals surface area contributed by atoms with E-state index in [1.807, 2.05) is 62.6 Å². The number of H-pyrrole nitrogens is 1. The number of hydrogen-bond acceptors (Lipinski definition) is 6. The summed E-state index contributed by atoms with van der Waals surface area (Å²) in [4.78, 5) is 41.9. The number of benzene rings is 2. The van der Waals surface area contributed by atoms with Crippen LogP contribution in [0.2, 0.25) is 0 Å². The third-order valence-electron chi connectivity index (χ3n) is 6.70. The Morgan fingerprint density at radius 2 is 1.77 bits per heavy atom. The van der Waals surface area contributed by atoms with Crippen LogP contribution in [0.1, 0.15) is 33.4 Å². The standard InChI is InChI=1S/C29H30N6O4/c1-33(2)18-24(36)30-26(19-7-13-22(39-3)14-8-19)27-23-15-17-35(29(38)28(23)32-31-27)21-11-9-20(10-12-21)34-16-5-4-6-25(34)37/h4-14,16,26H,15,17-18H2,1-3H3,(H,30,36)(H,31,32). The van der Waals surface area contributed by atoms with Crippen molar-refractivity contribution in [3.05, 3.63) is 106 Å². The first-order valence-corrected chi connectivity index (χ1v) is 12.6. The zero-order chi connectivity index (χ0) is 27.5. The number of nitrogens with zero attached hydrogens (tertiary/aromatic N) is 4. The van der Waals surface area contributed by atoms with Crippen LogP contribution in [0.3, 0.4) is 0 Å². The van der Waals surface area contributed by atoms with Crippen molar-refractivity contribution in [2.45, 2.75) is 12.5 Å². The highest BCUT2D eigenvalue weighted by Gasteiger charge is 2.33. The molecule has 0 saturated heterocycles. The van der Waals surface area contributed by atoms with E-state index in [1.165, 1.54) is 6.07 Å². The number of likely N-dealkylation sites (N-methyl/N-ethyl adjacent to an activating group) is 1. The lowest BCUT2D eigenvalue weighted by molar-refractivity contribution is -0.122. The summed E-state index contributed by atoms with van der Waals surface area (Å²) in [7, 11) is 5.26. The fourth-order valence-electron chi connectivity index (χ4n) is 4.79.